The van der Waals surface area contributed by atoms with Gasteiger partial charge in [-0.05, 0) is 30.5 Å². The lowest BCUT2D eigenvalue weighted by Gasteiger charge is -2.19. The molecule has 0 radical (unpaired) electrons. The summed E-state index contributed by atoms with van der Waals surface area (Å²) in [6.07, 6.45) is 0.859. The fourth-order valence-corrected chi connectivity index (χ4v) is 2.84. The van der Waals surface area contributed by atoms with Gasteiger partial charge in [-0.2, -0.15) is 0 Å². The number of rotatable bonds is 6. The highest BCUT2D eigenvalue weighted by Gasteiger charge is 2.24. The Balaban J connectivity index is 1.76. The summed E-state index contributed by atoms with van der Waals surface area (Å²) >= 11 is 6.02. The van der Waals surface area contributed by atoms with E-state index < -0.39 is 6.04 Å². The van der Waals surface area contributed by atoms with E-state index in [1.165, 1.54) is 0 Å². The number of hydrogen-bond donors (Lipinski definition) is 3. The van der Waals surface area contributed by atoms with E-state index in [2.05, 4.69) is 15.5 Å². The standard InChI is InChI=1S/C17H25ClN4O2/c1-11(2)16(19)17(24)20-9-15(23)21-13-6-7-22(10-13)14-5-3-4-12(18)8-14/h3-5,8,11,13,16H,6-7,9-10,19H2,1-2H3,(H,20,24)(H,21,23)/t13?,16-/m0/s1. The van der Waals surface area contributed by atoms with Crippen LogP contribution in [-0.2, 0) is 9.59 Å². The van der Waals surface area contributed by atoms with Crippen molar-refractivity contribution in [2.75, 3.05) is 24.5 Å². The SMILES string of the molecule is CC(C)[C@H](N)C(=O)NCC(=O)NC1CCN(c2cccc(Cl)c2)C1. The number of nitrogens with one attached hydrogen (secondary N) is 2. The molecule has 1 heterocycles. The molecule has 4 N–H and O–H groups in total. The Labute approximate surface area is 147 Å². The van der Waals surface area contributed by atoms with E-state index in [1.807, 2.05) is 38.1 Å². The van der Waals surface area contributed by atoms with Crippen LogP contribution in [0.1, 0.15) is 20.3 Å². The van der Waals surface area contributed by atoms with Crippen LogP contribution in [0.2, 0.25) is 5.02 Å². The molecule has 1 aromatic carbocycles. The molecule has 7 heteroatoms. The monoisotopic (exact) mass is 352 g/mol. The summed E-state index contributed by atoms with van der Waals surface area (Å²) in [5, 5.41) is 6.23. The van der Waals surface area contributed by atoms with Crippen molar-refractivity contribution in [2.45, 2.75) is 32.4 Å². The zero-order valence-electron chi connectivity index (χ0n) is 14.1. The molecule has 0 spiro atoms. The second kappa shape index (κ2) is 8.35. The molecule has 1 aromatic rings. The van der Waals surface area contributed by atoms with Crippen LogP contribution in [-0.4, -0.2) is 43.5 Å². The number of carbonyl (C=O) groups is 2. The van der Waals surface area contributed by atoms with Crippen LogP contribution in [0.15, 0.2) is 24.3 Å². The van der Waals surface area contributed by atoms with Crippen molar-refractivity contribution < 1.29 is 9.59 Å². The molecule has 6 nitrogen and oxygen atoms in total. The van der Waals surface area contributed by atoms with Gasteiger partial charge in [0.1, 0.15) is 0 Å². The van der Waals surface area contributed by atoms with Crippen LogP contribution in [0, 0.1) is 5.92 Å². The minimum absolute atomic E-state index is 0.0362. The summed E-state index contributed by atoms with van der Waals surface area (Å²) < 4.78 is 0. The molecule has 132 valence electrons. The zero-order valence-corrected chi connectivity index (χ0v) is 14.8. The molecular weight excluding hydrogens is 328 g/mol. The number of carbonyl (C=O) groups excluding carboxylic acids is 2. The Morgan fingerprint density at radius 2 is 2.17 bits per heavy atom. The minimum Gasteiger partial charge on any atom is -0.369 e. The Bertz CT molecular complexity index is 594. The van der Waals surface area contributed by atoms with Crippen molar-refractivity contribution in [1.29, 1.82) is 0 Å². The van der Waals surface area contributed by atoms with E-state index in [0.717, 1.165) is 25.2 Å². The predicted octanol–water partition coefficient (Wildman–Crippen LogP) is 1.13. The molecule has 1 fully saturated rings. The molecule has 0 saturated carbocycles. The Morgan fingerprint density at radius 3 is 2.83 bits per heavy atom. The Hall–Kier alpha value is -1.79. The summed E-state index contributed by atoms with van der Waals surface area (Å²) in [4.78, 5) is 25.9. The number of nitrogens with two attached hydrogens (primary N) is 1. The third kappa shape index (κ3) is 5.11. The molecule has 0 bridgehead atoms. The zero-order chi connectivity index (χ0) is 17.7. The van der Waals surface area contributed by atoms with Gasteiger partial charge in [-0.15, -0.1) is 0 Å². The smallest absolute Gasteiger partial charge is 0.239 e. The quantitative estimate of drug-likeness (QED) is 0.716. The van der Waals surface area contributed by atoms with Crippen LogP contribution in [0.25, 0.3) is 0 Å². The molecule has 1 saturated heterocycles. The lowest BCUT2D eigenvalue weighted by atomic mass is 10.1. The minimum atomic E-state index is -0.595. The molecule has 2 rings (SSSR count). The van der Waals surface area contributed by atoms with Gasteiger partial charge in [0.05, 0.1) is 12.6 Å². The summed E-state index contributed by atoms with van der Waals surface area (Å²) in [6, 6.07) is 7.14. The summed E-state index contributed by atoms with van der Waals surface area (Å²) in [5.74, 6) is -0.460. The maximum Gasteiger partial charge on any atom is 0.239 e. The Kier molecular flexibility index (Phi) is 6.45. The average Bonchev–Trinajstić information content (AvgIpc) is 3.00. The Morgan fingerprint density at radius 1 is 1.42 bits per heavy atom. The highest BCUT2D eigenvalue weighted by atomic mass is 35.5. The molecule has 1 aliphatic rings. The molecular formula is C17H25ClN4O2. The maximum atomic E-state index is 12.0. The van der Waals surface area contributed by atoms with Crippen molar-refractivity contribution in [3.05, 3.63) is 29.3 Å². The summed E-state index contributed by atoms with van der Waals surface area (Å²) in [7, 11) is 0. The number of hydrogen-bond acceptors (Lipinski definition) is 4. The number of anilines is 1. The van der Waals surface area contributed by atoms with Crippen molar-refractivity contribution in [3.8, 4) is 0 Å². The van der Waals surface area contributed by atoms with E-state index in [9.17, 15) is 9.59 Å². The van der Waals surface area contributed by atoms with E-state index in [0.29, 0.717) is 5.02 Å². The van der Waals surface area contributed by atoms with E-state index in [4.69, 9.17) is 17.3 Å². The number of nitrogens with zero attached hydrogens (tertiary/aromatic N) is 1. The molecule has 2 atom stereocenters. The second-order valence-corrected chi connectivity index (χ2v) is 6.90. The van der Waals surface area contributed by atoms with E-state index in [1.54, 1.807) is 0 Å². The molecule has 24 heavy (non-hydrogen) atoms. The first-order chi connectivity index (χ1) is 11.4. The third-order valence-electron chi connectivity index (χ3n) is 4.17. The number of amides is 2. The van der Waals surface area contributed by atoms with Crippen molar-refractivity contribution >= 4 is 29.1 Å². The lowest BCUT2D eigenvalue weighted by molar-refractivity contribution is -0.127. The highest BCUT2D eigenvalue weighted by Crippen LogP contribution is 2.23. The normalized spacial score (nSPS) is 18.5. The van der Waals surface area contributed by atoms with Gasteiger partial charge in [-0.1, -0.05) is 31.5 Å². The van der Waals surface area contributed by atoms with Crippen LogP contribution in [0.3, 0.4) is 0 Å². The van der Waals surface area contributed by atoms with Crippen LogP contribution in [0.4, 0.5) is 5.69 Å². The van der Waals surface area contributed by atoms with Crippen molar-refractivity contribution in [3.63, 3.8) is 0 Å². The van der Waals surface area contributed by atoms with Crippen LogP contribution >= 0.6 is 11.6 Å². The van der Waals surface area contributed by atoms with Gasteiger partial charge < -0.3 is 21.3 Å². The van der Waals surface area contributed by atoms with E-state index in [-0.39, 0.29) is 30.3 Å². The number of benzene rings is 1. The topological polar surface area (TPSA) is 87.5 Å². The number of halogens is 1. The fourth-order valence-electron chi connectivity index (χ4n) is 2.65. The first-order valence-corrected chi connectivity index (χ1v) is 8.57. The summed E-state index contributed by atoms with van der Waals surface area (Å²) in [6.45, 7) is 5.27. The maximum absolute atomic E-state index is 12.0. The van der Waals surface area contributed by atoms with Gasteiger partial charge >= 0.3 is 0 Å². The predicted molar refractivity (Wildman–Crippen MR) is 96.0 cm³/mol. The molecule has 1 aliphatic heterocycles. The van der Waals surface area contributed by atoms with E-state index >= 15 is 0 Å². The molecule has 2 amide bonds. The molecule has 1 unspecified atom stereocenters. The highest BCUT2D eigenvalue weighted by molar-refractivity contribution is 6.30. The van der Waals surface area contributed by atoms with Gasteiger partial charge in [0.2, 0.25) is 11.8 Å². The lowest BCUT2D eigenvalue weighted by Crippen LogP contribution is -2.48. The van der Waals surface area contributed by atoms with Crippen LogP contribution in [0.5, 0.6) is 0 Å². The van der Waals surface area contributed by atoms with Gasteiger partial charge in [0, 0.05) is 29.8 Å². The third-order valence-corrected chi connectivity index (χ3v) is 4.41. The largest absolute Gasteiger partial charge is 0.369 e. The fraction of sp³-hybridized carbons (Fsp3) is 0.529. The second-order valence-electron chi connectivity index (χ2n) is 6.47. The van der Waals surface area contributed by atoms with Gasteiger partial charge in [0.25, 0.3) is 0 Å². The van der Waals surface area contributed by atoms with Crippen molar-refractivity contribution in [1.82, 2.24) is 10.6 Å². The van der Waals surface area contributed by atoms with Gasteiger partial charge in [-0.25, -0.2) is 0 Å². The van der Waals surface area contributed by atoms with Crippen LogP contribution < -0.4 is 21.3 Å². The first-order valence-electron chi connectivity index (χ1n) is 8.20. The van der Waals surface area contributed by atoms with Gasteiger partial charge in [0.15, 0.2) is 0 Å². The average molecular weight is 353 g/mol. The molecule has 0 aromatic heterocycles. The van der Waals surface area contributed by atoms with Gasteiger partial charge in [-0.3, -0.25) is 9.59 Å². The summed E-state index contributed by atoms with van der Waals surface area (Å²) in [5.41, 5.74) is 6.79. The first kappa shape index (κ1) is 18.5. The molecule has 0 aliphatic carbocycles. The van der Waals surface area contributed by atoms with Crippen molar-refractivity contribution in [2.24, 2.45) is 11.7 Å².